The second kappa shape index (κ2) is 5.19. The molecule has 2 aliphatic rings. The fourth-order valence-electron chi connectivity index (χ4n) is 2.89. The van der Waals surface area contributed by atoms with Gasteiger partial charge < -0.3 is 5.32 Å². The number of amidine groups is 1. The summed E-state index contributed by atoms with van der Waals surface area (Å²) in [6.45, 7) is 3.10. The highest BCUT2D eigenvalue weighted by Gasteiger charge is 2.39. The molecule has 5 heteroatoms. The van der Waals surface area contributed by atoms with Crippen LogP contribution in [0.3, 0.4) is 0 Å². The Hall–Kier alpha value is -0.970. The van der Waals surface area contributed by atoms with E-state index in [1.165, 1.54) is 37.0 Å². The minimum atomic E-state index is 0.338. The smallest absolute Gasteiger partial charge is 0.157 e. The van der Waals surface area contributed by atoms with Crippen LogP contribution in [0.5, 0.6) is 0 Å². The van der Waals surface area contributed by atoms with Crippen molar-refractivity contribution in [3.63, 3.8) is 0 Å². The van der Waals surface area contributed by atoms with Crippen molar-refractivity contribution in [3.05, 3.63) is 18.0 Å². The normalized spacial score (nSPS) is 32.9. The van der Waals surface area contributed by atoms with Crippen LogP contribution in [-0.2, 0) is 13.6 Å². The maximum Gasteiger partial charge on any atom is 0.157 e. The highest BCUT2D eigenvalue weighted by Crippen LogP contribution is 2.38. The average molecular weight is 278 g/mol. The molecule has 1 aromatic rings. The van der Waals surface area contributed by atoms with Crippen molar-refractivity contribution in [1.82, 2.24) is 15.1 Å². The van der Waals surface area contributed by atoms with Gasteiger partial charge in [-0.25, -0.2) is 0 Å². The van der Waals surface area contributed by atoms with Gasteiger partial charge in [0.25, 0.3) is 0 Å². The molecule has 1 aliphatic heterocycles. The first-order valence-electron chi connectivity index (χ1n) is 7.08. The molecule has 0 unspecified atom stereocenters. The highest BCUT2D eigenvalue weighted by atomic mass is 32.2. The molecule has 1 spiro atoms. The molecule has 4 nitrogen and oxygen atoms in total. The first kappa shape index (κ1) is 13.0. The summed E-state index contributed by atoms with van der Waals surface area (Å²) in [4.78, 5) is 4.69. The number of nitrogens with one attached hydrogen (secondary N) is 1. The molecule has 1 saturated heterocycles. The van der Waals surface area contributed by atoms with Crippen LogP contribution < -0.4 is 5.32 Å². The van der Waals surface area contributed by atoms with Crippen LogP contribution in [0.25, 0.3) is 0 Å². The van der Waals surface area contributed by atoms with Gasteiger partial charge in [-0.1, -0.05) is 18.7 Å². The first-order chi connectivity index (χ1) is 9.15. The zero-order chi connectivity index (χ0) is 13.3. The summed E-state index contributed by atoms with van der Waals surface area (Å²) in [6.07, 6.45) is 9.22. The Kier molecular flexibility index (Phi) is 3.56. The first-order valence-corrected chi connectivity index (χ1v) is 8.07. The third kappa shape index (κ3) is 2.96. The lowest BCUT2D eigenvalue weighted by atomic mass is 9.78. The molecule has 0 amide bonds. The van der Waals surface area contributed by atoms with Gasteiger partial charge in [0.15, 0.2) is 5.17 Å². The number of thioether (sulfide) groups is 1. The van der Waals surface area contributed by atoms with E-state index < -0.39 is 0 Å². The van der Waals surface area contributed by atoms with E-state index in [9.17, 15) is 0 Å². The van der Waals surface area contributed by atoms with Gasteiger partial charge in [0, 0.05) is 30.1 Å². The number of nitrogens with zero attached hydrogens (tertiary/aromatic N) is 3. The van der Waals surface area contributed by atoms with E-state index in [2.05, 4.69) is 17.3 Å². The van der Waals surface area contributed by atoms with Gasteiger partial charge in [0.05, 0.1) is 12.7 Å². The maximum absolute atomic E-state index is 4.69. The number of aromatic nitrogens is 2. The number of aliphatic imine (C=N–C) groups is 1. The van der Waals surface area contributed by atoms with Crippen LogP contribution in [0.4, 0.5) is 0 Å². The Morgan fingerprint density at radius 3 is 3.00 bits per heavy atom. The molecule has 1 aliphatic carbocycles. The third-order valence-corrected chi connectivity index (χ3v) is 5.45. The molecule has 0 radical (unpaired) electrons. The lowest BCUT2D eigenvalue weighted by Gasteiger charge is -2.35. The molecular formula is C14H22N4S. The summed E-state index contributed by atoms with van der Waals surface area (Å²) in [5, 5.41) is 8.99. The molecule has 3 rings (SSSR count). The van der Waals surface area contributed by atoms with E-state index in [0.717, 1.165) is 17.6 Å². The monoisotopic (exact) mass is 278 g/mol. The van der Waals surface area contributed by atoms with Crippen LogP contribution in [0.15, 0.2) is 17.4 Å². The molecule has 0 aromatic carbocycles. The Labute approximate surface area is 119 Å². The lowest BCUT2D eigenvalue weighted by molar-refractivity contribution is 0.251. The zero-order valence-corrected chi connectivity index (χ0v) is 12.5. The van der Waals surface area contributed by atoms with Gasteiger partial charge in [-0.15, -0.1) is 0 Å². The van der Waals surface area contributed by atoms with Gasteiger partial charge in [-0.2, -0.15) is 5.10 Å². The lowest BCUT2D eigenvalue weighted by Crippen LogP contribution is -2.46. The fraction of sp³-hybridized carbons (Fsp3) is 0.714. The zero-order valence-electron chi connectivity index (χ0n) is 11.7. The Balaban J connectivity index is 1.59. The van der Waals surface area contributed by atoms with Crippen molar-refractivity contribution in [1.29, 1.82) is 0 Å². The average Bonchev–Trinajstić information content (AvgIpc) is 2.99. The van der Waals surface area contributed by atoms with E-state index in [1.807, 2.05) is 35.9 Å². The third-order valence-electron chi connectivity index (χ3n) is 4.25. The number of rotatable bonds is 2. The summed E-state index contributed by atoms with van der Waals surface area (Å²) in [5.41, 5.74) is 1.51. The van der Waals surface area contributed by atoms with Gasteiger partial charge in [0.2, 0.25) is 0 Å². The Bertz CT molecular complexity index is 472. The van der Waals surface area contributed by atoms with E-state index in [0.29, 0.717) is 5.54 Å². The minimum Gasteiger partial charge on any atom is -0.359 e. The van der Waals surface area contributed by atoms with E-state index >= 15 is 0 Å². The van der Waals surface area contributed by atoms with E-state index in [4.69, 9.17) is 4.99 Å². The largest absolute Gasteiger partial charge is 0.359 e. The van der Waals surface area contributed by atoms with Crippen molar-refractivity contribution < 1.29 is 0 Å². The second-order valence-corrected chi connectivity index (χ2v) is 6.98. The Morgan fingerprint density at radius 1 is 1.53 bits per heavy atom. The standard InChI is InChI=1S/C14H22N4S/c1-11-3-5-14(6-4-11)10-19-13(17-14)15-7-12-8-16-18(2)9-12/h8-9,11H,3-7,10H2,1-2H3,(H,15,17). The van der Waals surface area contributed by atoms with Crippen LogP contribution in [0.2, 0.25) is 0 Å². The summed E-state index contributed by atoms with van der Waals surface area (Å²) < 4.78 is 1.83. The van der Waals surface area contributed by atoms with E-state index in [-0.39, 0.29) is 0 Å². The van der Waals surface area contributed by atoms with Crippen LogP contribution in [0, 0.1) is 5.92 Å². The Morgan fingerprint density at radius 2 is 2.32 bits per heavy atom. The van der Waals surface area contributed by atoms with Gasteiger partial charge >= 0.3 is 0 Å². The van der Waals surface area contributed by atoms with Crippen molar-refractivity contribution >= 4 is 16.9 Å². The quantitative estimate of drug-likeness (QED) is 0.904. The second-order valence-electron chi connectivity index (χ2n) is 6.02. The molecule has 104 valence electrons. The topological polar surface area (TPSA) is 42.2 Å². The predicted molar refractivity (Wildman–Crippen MR) is 80.3 cm³/mol. The van der Waals surface area contributed by atoms with Crippen molar-refractivity contribution in [2.24, 2.45) is 18.0 Å². The SMILES string of the molecule is CC1CCC2(CC1)CSC(=NCc1cnn(C)c1)N2. The number of aryl methyl sites for hydroxylation is 1. The van der Waals surface area contributed by atoms with Crippen molar-refractivity contribution in [2.45, 2.75) is 44.7 Å². The van der Waals surface area contributed by atoms with Gasteiger partial charge in [-0.3, -0.25) is 9.67 Å². The number of hydrogen-bond donors (Lipinski definition) is 1. The molecule has 1 aromatic heterocycles. The molecule has 2 fully saturated rings. The molecule has 19 heavy (non-hydrogen) atoms. The van der Waals surface area contributed by atoms with Gasteiger partial charge in [0.1, 0.15) is 0 Å². The predicted octanol–water partition coefficient (Wildman–Crippen LogP) is 2.56. The number of hydrogen-bond acceptors (Lipinski definition) is 3. The highest BCUT2D eigenvalue weighted by molar-refractivity contribution is 8.14. The van der Waals surface area contributed by atoms with Crippen LogP contribution >= 0.6 is 11.8 Å². The molecule has 0 atom stereocenters. The van der Waals surface area contributed by atoms with E-state index in [1.54, 1.807) is 0 Å². The molecule has 0 bridgehead atoms. The molecule has 2 heterocycles. The molecular weight excluding hydrogens is 256 g/mol. The molecule has 1 N–H and O–H groups in total. The van der Waals surface area contributed by atoms with Crippen LogP contribution in [0.1, 0.15) is 38.2 Å². The maximum atomic E-state index is 4.69. The van der Waals surface area contributed by atoms with Crippen LogP contribution in [-0.4, -0.2) is 26.2 Å². The van der Waals surface area contributed by atoms with Crippen molar-refractivity contribution in [3.8, 4) is 0 Å². The summed E-state index contributed by atoms with van der Waals surface area (Å²) >= 11 is 1.89. The summed E-state index contributed by atoms with van der Waals surface area (Å²) in [7, 11) is 1.94. The summed E-state index contributed by atoms with van der Waals surface area (Å²) in [5.74, 6) is 2.08. The molecule has 1 saturated carbocycles. The fourth-order valence-corrected chi connectivity index (χ4v) is 4.11. The van der Waals surface area contributed by atoms with Crippen molar-refractivity contribution in [2.75, 3.05) is 5.75 Å². The van der Waals surface area contributed by atoms with Gasteiger partial charge in [-0.05, 0) is 31.6 Å². The summed E-state index contributed by atoms with van der Waals surface area (Å²) in [6, 6.07) is 0. The minimum absolute atomic E-state index is 0.338.